The van der Waals surface area contributed by atoms with Crippen LogP contribution in [0.5, 0.6) is 0 Å². The van der Waals surface area contributed by atoms with Gasteiger partial charge >= 0.3 is 0 Å². The summed E-state index contributed by atoms with van der Waals surface area (Å²) in [6.07, 6.45) is 7.76. The summed E-state index contributed by atoms with van der Waals surface area (Å²) in [4.78, 5) is 23.0. The lowest BCUT2D eigenvalue weighted by atomic mass is 9.93. The second kappa shape index (κ2) is 9.01. The molecule has 1 aliphatic heterocycles. The molecule has 0 unspecified atom stereocenters. The molecule has 1 saturated heterocycles. The van der Waals surface area contributed by atoms with E-state index in [1.54, 1.807) is 12.4 Å². The number of hydrogen-bond donors (Lipinski definition) is 0. The Morgan fingerprint density at radius 2 is 1.88 bits per heavy atom. The van der Waals surface area contributed by atoms with Crippen molar-refractivity contribution >= 4 is 16.7 Å². The van der Waals surface area contributed by atoms with E-state index in [2.05, 4.69) is 50.1 Å². The van der Waals surface area contributed by atoms with Gasteiger partial charge in [-0.25, -0.2) is 9.97 Å². The van der Waals surface area contributed by atoms with E-state index in [1.165, 1.54) is 17.4 Å². The summed E-state index contributed by atoms with van der Waals surface area (Å²) in [6, 6.07) is 16.7. The van der Waals surface area contributed by atoms with Crippen LogP contribution in [0, 0.1) is 0 Å². The molecule has 3 aromatic heterocycles. The number of pyridine rings is 2. The lowest BCUT2D eigenvalue weighted by Gasteiger charge is -2.33. The standard InChI is InChI=1S/C26H28N6/c1-31(2)25-16-24(29-26(30-25)19-10-13-27-14-11-19)21-7-5-15-32(18-21)17-20-6-3-9-23-22(20)8-4-12-28-23/h3-4,6,8-14,16,21H,5,7,15,17-18H2,1-2H3/t21-/m0/s1. The van der Waals surface area contributed by atoms with Crippen molar-refractivity contribution < 1.29 is 0 Å². The van der Waals surface area contributed by atoms with Crippen molar-refractivity contribution in [1.29, 1.82) is 0 Å². The molecular weight excluding hydrogens is 396 g/mol. The van der Waals surface area contributed by atoms with Crippen LogP contribution in [0.2, 0.25) is 0 Å². The zero-order chi connectivity index (χ0) is 21.9. The van der Waals surface area contributed by atoms with Gasteiger partial charge in [-0.05, 0) is 49.2 Å². The van der Waals surface area contributed by atoms with Crippen LogP contribution in [0.15, 0.2) is 67.1 Å². The van der Waals surface area contributed by atoms with E-state index in [4.69, 9.17) is 9.97 Å². The van der Waals surface area contributed by atoms with Crippen molar-refractivity contribution in [2.45, 2.75) is 25.3 Å². The van der Waals surface area contributed by atoms with E-state index in [0.29, 0.717) is 5.92 Å². The fraction of sp³-hybridized carbons (Fsp3) is 0.308. The van der Waals surface area contributed by atoms with Gasteiger partial charge in [0.1, 0.15) is 5.82 Å². The summed E-state index contributed by atoms with van der Waals surface area (Å²) in [5.74, 6) is 2.10. The second-order valence-electron chi connectivity index (χ2n) is 8.67. The monoisotopic (exact) mass is 424 g/mol. The molecule has 5 rings (SSSR count). The van der Waals surface area contributed by atoms with Crippen LogP contribution in [-0.2, 0) is 6.54 Å². The number of benzene rings is 1. The largest absolute Gasteiger partial charge is 0.363 e. The first-order chi connectivity index (χ1) is 15.7. The van der Waals surface area contributed by atoms with Gasteiger partial charge in [-0.3, -0.25) is 14.9 Å². The lowest BCUT2D eigenvalue weighted by molar-refractivity contribution is 0.199. The third kappa shape index (κ3) is 4.32. The molecule has 6 heteroatoms. The predicted molar refractivity (Wildman–Crippen MR) is 129 cm³/mol. The van der Waals surface area contributed by atoms with E-state index >= 15 is 0 Å². The van der Waals surface area contributed by atoms with Crippen LogP contribution in [0.25, 0.3) is 22.3 Å². The lowest BCUT2D eigenvalue weighted by Crippen LogP contribution is -2.34. The Bertz CT molecular complexity index is 1200. The summed E-state index contributed by atoms with van der Waals surface area (Å²) in [5, 5.41) is 1.24. The van der Waals surface area contributed by atoms with Gasteiger partial charge in [0.2, 0.25) is 0 Å². The molecule has 0 bridgehead atoms. The molecule has 0 spiro atoms. The number of fused-ring (bicyclic) bond motifs is 1. The van der Waals surface area contributed by atoms with Crippen molar-refractivity contribution in [3.63, 3.8) is 0 Å². The van der Waals surface area contributed by atoms with Gasteiger partial charge < -0.3 is 4.90 Å². The van der Waals surface area contributed by atoms with E-state index in [1.807, 2.05) is 38.5 Å². The number of rotatable bonds is 5. The molecule has 0 N–H and O–H groups in total. The van der Waals surface area contributed by atoms with Gasteiger partial charge in [0.15, 0.2) is 5.82 Å². The van der Waals surface area contributed by atoms with Crippen LogP contribution in [-0.4, -0.2) is 52.0 Å². The van der Waals surface area contributed by atoms with Gasteiger partial charge in [-0.15, -0.1) is 0 Å². The minimum absolute atomic E-state index is 0.388. The zero-order valence-electron chi connectivity index (χ0n) is 18.6. The van der Waals surface area contributed by atoms with Crippen molar-refractivity contribution in [3.8, 4) is 11.4 Å². The SMILES string of the molecule is CN(C)c1cc([C@H]2CCCN(Cc3cccc4ncccc34)C2)nc(-c2ccncc2)n1. The number of hydrogen-bond acceptors (Lipinski definition) is 6. The van der Waals surface area contributed by atoms with Crippen LogP contribution in [0.4, 0.5) is 5.82 Å². The van der Waals surface area contributed by atoms with Gasteiger partial charge in [0, 0.05) is 68.7 Å². The Morgan fingerprint density at radius 1 is 1.00 bits per heavy atom. The van der Waals surface area contributed by atoms with Gasteiger partial charge in [0.25, 0.3) is 0 Å². The molecule has 1 aliphatic rings. The van der Waals surface area contributed by atoms with Gasteiger partial charge in [-0.2, -0.15) is 0 Å². The summed E-state index contributed by atoms with van der Waals surface area (Å²) in [7, 11) is 4.06. The molecular formula is C26H28N6. The Morgan fingerprint density at radius 3 is 2.72 bits per heavy atom. The smallest absolute Gasteiger partial charge is 0.161 e. The first kappa shape index (κ1) is 20.5. The molecule has 162 valence electrons. The Kier molecular flexibility index (Phi) is 5.77. The third-order valence-corrected chi connectivity index (χ3v) is 6.18. The Balaban J connectivity index is 1.42. The topological polar surface area (TPSA) is 58.0 Å². The number of likely N-dealkylation sites (tertiary alicyclic amines) is 1. The van der Waals surface area contributed by atoms with Crippen LogP contribution >= 0.6 is 0 Å². The number of anilines is 1. The fourth-order valence-electron chi connectivity index (χ4n) is 4.51. The predicted octanol–water partition coefficient (Wildman–Crippen LogP) is 4.53. The maximum Gasteiger partial charge on any atom is 0.161 e. The molecule has 4 aromatic rings. The zero-order valence-corrected chi connectivity index (χ0v) is 18.6. The average Bonchev–Trinajstić information content (AvgIpc) is 2.85. The van der Waals surface area contributed by atoms with E-state index < -0.39 is 0 Å². The van der Waals surface area contributed by atoms with Crippen molar-refractivity contribution in [1.82, 2.24) is 24.8 Å². The minimum atomic E-state index is 0.388. The maximum absolute atomic E-state index is 5.00. The highest BCUT2D eigenvalue weighted by Gasteiger charge is 2.24. The molecule has 4 heterocycles. The third-order valence-electron chi connectivity index (χ3n) is 6.18. The fourth-order valence-corrected chi connectivity index (χ4v) is 4.51. The number of piperidine rings is 1. The van der Waals surface area contributed by atoms with E-state index in [0.717, 1.165) is 54.5 Å². The van der Waals surface area contributed by atoms with Crippen LogP contribution in [0.1, 0.15) is 30.0 Å². The van der Waals surface area contributed by atoms with E-state index in [-0.39, 0.29) is 0 Å². The Hall–Kier alpha value is -3.38. The normalized spacial score (nSPS) is 16.9. The highest BCUT2D eigenvalue weighted by atomic mass is 15.2. The van der Waals surface area contributed by atoms with E-state index in [9.17, 15) is 0 Å². The highest BCUT2D eigenvalue weighted by Crippen LogP contribution is 2.30. The molecule has 0 aliphatic carbocycles. The molecule has 0 amide bonds. The molecule has 1 atom stereocenters. The molecule has 32 heavy (non-hydrogen) atoms. The van der Waals surface area contributed by atoms with Crippen molar-refractivity contribution in [2.75, 3.05) is 32.1 Å². The molecule has 6 nitrogen and oxygen atoms in total. The second-order valence-corrected chi connectivity index (χ2v) is 8.67. The number of nitrogens with zero attached hydrogens (tertiary/aromatic N) is 6. The Labute approximate surface area is 189 Å². The van der Waals surface area contributed by atoms with Gasteiger partial charge in [-0.1, -0.05) is 18.2 Å². The summed E-state index contributed by atoms with van der Waals surface area (Å²) >= 11 is 0. The molecule has 1 fully saturated rings. The average molecular weight is 425 g/mol. The number of aromatic nitrogens is 4. The maximum atomic E-state index is 5.00. The highest BCUT2D eigenvalue weighted by molar-refractivity contribution is 5.81. The van der Waals surface area contributed by atoms with Crippen molar-refractivity contribution in [3.05, 3.63) is 78.4 Å². The first-order valence-corrected chi connectivity index (χ1v) is 11.2. The molecule has 1 aromatic carbocycles. The summed E-state index contributed by atoms with van der Waals surface area (Å²) in [5.41, 5.74) is 4.53. The molecule has 0 saturated carbocycles. The quantitative estimate of drug-likeness (QED) is 0.469. The molecule has 0 radical (unpaired) electrons. The van der Waals surface area contributed by atoms with Crippen molar-refractivity contribution in [2.24, 2.45) is 0 Å². The van der Waals surface area contributed by atoms with Crippen LogP contribution < -0.4 is 4.90 Å². The minimum Gasteiger partial charge on any atom is -0.363 e. The first-order valence-electron chi connectivity index (χ1n) is 11.2. The summed E-state index contributed by atoms with van der Waals surface area (Å²) < 4.78 is 0. The van der Waals surface area contributed by atoms with Gasteiger partial charge in [0.05, 0.1) is 11.2 Å². The van der Waals surface area contributed by atoms with Crippen LogP contribution in [0.3, 0.4) is 0 Å². The summed E-state index contributed by atoms with van der Waals surface area (Å²) in [6.45, 7) is 3.04.